The van der Waals surface area contributed by atoms with Gasteiger partial charge in [-0.25, -0.2) is 22.5 Å². The minimum absolute atomic E-state index is 0.0371. The van der Waals surface area contributed by atoms with Gasteiger partial charge in [0, 0.05) is 6.42 Å². The van der Waals surface area contributed by atoms with E-state index in [0.717, 1.165) is 17.7 Å². The zero-order chi connectivity index (χ0) is 22.9. The van der Waals surface area contributed by atoms with E-state index in [2.05, 4.69) is 15.5 Å². The summed E-state index contributed by atoms with van der Waals surface area (Å²) in [6.45, 7) is 1.98. The first-order valence-corrected chi connectivity index (χ1v) is 12.1. The molecule has 3 amide bonds. The van der Waals surface area contributed by atoms with E-state index >= 15 is 0 Å². The van der Waals surface area contributed by atoms with Crippen molar-refractivity contribution in [3.05, 3.63) is 35.5 Å². The van der Waals surface area contributed by atoms with Gasteiger partial charge in [-0.1, -0.05) is 18.1 Å². The van der Waals surface area contributed by atoms with Gasteiger partial charge in [0.15, 0.2) is 21.4 Å². The lowest BCUT2D eigenvalue weighted by Crippen LogP contribution is -2.28. The predicted octanol–water partition coefficient (Wildman–Crippen LogP) is 1.81. The van der Waals surface area contributed by atoms with Gasteiger partial charge in [-0.05, 0) is 42.4 Å². The summed E-state index contributed by atoms with van der Waals surface area (Å²) in [5.41, 5.74) is 0.672. The maximum absolute atomic E-state index is 14.0. The molecule has 1 aliphatic carbocycles. The van der Waals surface area contributed by atoms with Crippen molar-refractivity contribution in [3.8, 4) is 5.75 Å². The number of imide groups is 1. The third kappa shape index (κ3) is 5.42. The molecule has 12 heteroatoms. The topological polar surface area (TPSA) is 132 Å². The van der Waals surface area contributed by atoms with E-state index in [0.29, 0.717) is 18.1 Å². The molecule has 1 aromatic heterocycles. The standard InChI is InChI=1S/C20H23FN4O6S/c1-12(14-4-5-15(21)16(8-14)30-10-13-2-3-13)11-32(28,29)7-6-18-23-24-20(31-18)25-9-17(26)22-19(25)27/h4-5,8,12-13H,2-3,6-7,9-11H2,1H3,(H,22,26,27)/t12-/m0/s1. The summed E-state index contributed by atoms with van der Waals surface area (Å²) in [5, 5.41) is 9.53. The van der Waals surface area contributed by atoms with Gasteiger partial charge >= 0.3 is 12.0 Å². The fourth-order valence-electron chi connectivity index (χ4n) is 3.28. The SMILES string of the molecule is C[C@@H](CS(=O)(=O)CCc1nnc(N2CC(=O)NC2=O)o1)c1ccc(F)c(OCC2CC2)c1. The highest BCUT2D eigenvalue weighted by Crippen LogP contribution is 2.31. The number of nitrogens with one attached hydrogen (secondary N) is 1. The molecule has 1 aliphatic heterocycles. The van der Waals surface area contributed by atoms with Crippen LogP contribution in [0.25, 0.3) is 0 Å². The Kier molecular flexibility index (Phi) is 6.13. The van der Waals surface area contributed by atoms with Crippen LogP contribution in [0.4, 0.5) is 15.2 Å². The van der Waals surface area contributed by atoms with Crippen molar-refractivity contribution in [2.24, 2.45) is 5.92 Å². The highest BCUT2D eigenvalue weighted by molar-refractivity contribution is 7.91. The first-order valence-electron chi connectivity index (χ1n) is 10.3. The van der Waals surface area contributed by atoms with Crippen molar-refractivity contribution < 1.29 is 31.6 Å². The van der Waals surface area contributed by atoms with Crippen LogP contribution in [0.5, 0.6) is 5.75 Å². The molecule has 0 radical (unpaired) electrons. The van der Waals surface area contributed by atoms with Crippen LogP contribution in [0.2, 0.25) is 0 Å². The van der Waals surface area contributed by atoms with Gasteiger partial charge in [-0.15, -0.1) is 5.10 Å². The summed E-state index contributed by atoms with van der Waals surface area (Å²) in [4.78, 5) is 23.9. The summed E-state index contributed by atoms with van der Waals surface area (Å²) in [5.74, 6) is -1.07. The van der Waals surface area contributed by atoms with Crippen LogP contribution in [0, 0.1) is 11.7 Å². The van der Waals surface area contributed by atoms with Crippen LogP contribution in [0.15, 0.2) is 22.6 Å². The van der Waals surface area contributed by atoms with E-state index in [1.807, 2.05) is 0 Å². The van der Waals surface area contributed by atoms with E-state index < -0.39 is 27.6 Å². The Labute approximate surface area is 184 Å². The minimum atomic E-state index is -3.50. The monoisotopic (exact) mass is 466 g/mol. The molecule has 2 aliphatic rings. The van der Waals surface area contributed by atoms with Crippen molar-refractivity contribution in [2.75, 3.05) is 29.6 Å². The summed E-state index contributed by atoms with van der Waals surface area (Å²) in [7, 11) is -3.50. The molecule has 2 aromatic rings. The van der Waals surface area contributed by atoms with E-state index in [1.54, 1.807) is 19.1 Å². The lowest BCUT2D eigenvalue weighted by Gasteiger charge is -2.14. The van der Waals surface area contributed by atoms with Crippen LogP contribution in [-0.4, -0.2) is 55.2 Å². The molecule has 1 atom stereocenters. The first kappa shape index (κ1) is 22.2. The lowest BCUT2D eigenvalue weighted by molar-refractivity contribution is -0.117. The van der Waals surface area contributed by atoms with Gasteiger partial charge in [0.1, 0.15) is 6.54 Å². The number of hydrogen-bond donors (Lipinski definition) is 1. The number of hydrogen-bond acceptors (Lipinski definition) is 8. The molecule has 10 nitrogen and oxygen atoms in total. The molecule has 0 unspecified atom stereocenters. The van der Waals surface area contributed by atoms with Gasteiger partial charge in [0.25, 0.3) is 0 Å². The lowest BCUT2D eigenvalue weighted by atomic mass is 10.0. The van der Waals surface area contributed by atoms with Crippen molar-refractivity contribution in [2.45, 2.75) is 32.1 Å². The molecule has 0 spiro atoms. The highest BCUT2D eigenvalue weighted by atomic mass is 32.2. The molecule has 1 N–H and O–H groups in total. The number of halogens is 1. The molecule has 0 bridgehead atoms. The second-order valence-electron chi connectivity index (χ2n) is 8.13. The molecule has 2 fully saturated rings. The zero-order valence-corrected chi connectivity index (χ0v) is 18.2. The number of carbonyl (C=O) groups is 2. The maximum atomic E-state index is 14.0. The Morgan fingerprint density at radius 3 is 2.78 bits per heavy atom. The number of aromatic nitrogens is 2. The molecule has 2 heterocycles. The van der Waals surface area contributed by atoms with Gasteiger partial charge in [0.2, 0.25) is 11.8 Å². The smallest absolute Gasteiger partial charge is 0.332 e. The molecule has 32 heavy (non-hydrogen) atoms. The number of aryl methyl sites for hydroxylation is 1. The fourth-order valence-corrected chi connectivity index (χ4v) is 4.89. The molecule has 4 rings (SSSR count). The summed E-state index contributed by atoms with van der Waals surface area (Å²) in [6, 6.07) is 3.57. The molecule has 1 aromatic carbocycles. The summed E-state index contributed by atoms with van der Waals surface area (Å²) in [6.07, 6.45) is 2.13. The zero-order valence-electron chi connectivity index (χ0n) is 17.4. The number of benzene rings is 1. The number of urea groups is 1. The van der Waals surface area contributed by atoms with Crippen molar-refractivity contribution in [3.63, 3.8) is 0 Å². The van der Waals surface area contributed by atoms with Crippen LogP contribution >= 0.6 is 0 Å². The Morgan fingerprint density at radius 2 is 2.09 bits per heavy atom. The quantitative estimate of drug-likeness (QED) is 0.525. The normalized spacial score (nSPS) is 17.5. The molecule has 172 valence electrons. The van der Waals surface area contributed by atoms with E-state index in [1.165, 1.54) is 6.07 Å². The van der Waals surface area contributed by atoms with Crippen molar-refractivity contribution in [1.82, 2.24) is 15.5 Å². The van der Waals surface area contributed by atoms with Gasteiger partial charge in [0.05, 0.1) is 18.1 Å². The predicted molar refractivity (Wildman–Crippen MR) is 111 cm³/mol. The number of anilines is 1. The number of nitrogens with zero attached hydrogens (tertiary/aromatic N) is 3. The van der Waals surface area contributed by atoms with Crippen molar-refractivity contribution in [1.29, 1.82) is 0 Å². The first-order chi connectivity index (χ1) is 15.2. The maximum Gasteiger partial charge on any atom is 0.332 e. The van der Waals surface area contributed by atoms with Crippen molar-refractivity contribution >= 4 is 27.8 Å². The Hall–Kier alpha value is -3.02. The van der Waals surface area contributed by atoms with Gasteiger partial charge in [-0.2, -0.15) is 0 Å². The Bertz CT molecular complexity index is 1130. The fraction of sp³-hybridized carbons (Fsp3) is 0.500. The highest BCUT2D eigenvalue weighted by Gasteiger charge is 2.32. The number of sulfone groups is 1. The Morgan fingerprint density at radius 1 is 1.31 bits per heavy atom. The number of rotatable bonds is 10. The van der Waals surface area contributed by atoms with Gasteiger partial charge < -0.3 is 9.15 Å². The third-order valence-electron chi connectivity index (χ3n) is 5.31. The molecule has 1 saturated carbocycles. The van der Waals surface area contributed by atoms with Crippen LogP contribution in [0.3, 0.4) is 0 Å². The van der Waals surface area contributed by atoms with Crippen LogP contribution < -0.4 is 15.0 Å². The van der Waals surface area contributed by atoms with E-state index in [4.69, 9.17) is 9.15 Å². The van der Waals surface area contributed by atoms with E-state index in [9.17, 15) is 22.4 Å². The summed E-state index contributed by atoms with van der Waals surface area (Å²) < 4.78 is 50.1. The van der Waals surface area contributed by atoms with Gasteiger partial charge in [-0.3, -0.25) is 10.1 Å². The average molecular weight is 466 g/mol. The summed E-state index contributed by atoms with van der Waals surface area (Å²) >= 11 is 0. The number of ether oxygens (including phenoxy) is 1. The second-order valence-corrected chi connectivity index (χ2v) is 10.4. The van der Waals surface area contributed by atoms with E-state index in [-0.39, 0.29) is 48.0 Å². The van der Waals surface area contributed by atoms with Crippen LogP contribution in [0.1, 0.15) is 37.1 Å². The van der Waals surface area contributed by atoms with Crippen LogP contribution in [-0.2, 0) is 21.1 Å². The average Bonchev–Trinajstić information content (AvgIpc) is 3.33. The molecule has 1 saturated heterocycles. The molecular weight excluding hydrogens is 443 g/mol. The Balaban J connectivity index is 1.33. The largest absolute Gasteiger partial charge is 0.490 e. The molecular formula is C20H23FN4O6S. The minimum Gasteiger partial charge on any atom is -0.490 e. The number of amides is 3. The number of carbonyl (C=O) groups excluding carboxylic acids is 2. The second kappa shape index (κ2) is 8.85. The third-order valence-corrected chi connectivity index (χ3v) is 7.14.